The Balaban J connectivity index is 1.50. The summed E-state index contributed by atoms with van der Waals surface area (Å²) in [4.78, 5) is 36.3. The minimum Gasteiger partial charge on any atom is -0.452 e. The number of hydrazone groups is 1. The Kier molecular flexibility index (Phi) is 6.69. The molecule has 3 rings (SSSR count). The molecule has 8 nitrogen and oxygen atoms in total. The van der Waals surface area contributed by atoms with E-state index >= 15 is 0 Å². The van der Waals surface area contributed by atoms with Crippen molar-refractivity contribution in [1.82, 2.24) is 5.01 Å². The molecule has 1 aliphatic heterocycles. The van der Waals surface area contributed by atoms with Crippen LogP contribution in [0.25, 0.3) is 0 Å². The zero-order valence-corrected chi connectivity index (χ0v) is 17.8. The minimum absolute atomic E-state index is 0.262. The normalized spacial score (nSPS) is 13.4. The highest BCUT2D eigenvalue weighted by molar-refractivity contribution is 6.02. The van der Waals surface area contributed by atoms with Crippen molar-refractivity contribution in [2.24, 2.45) is 5.10 Å². The van der Waals surface area contributed by atoms with Gasteiger partial charge in [-0.25, -0.2) is 14.6 Å². The van der Waals surface area contributed by atoms with Gasteiger partial charge in [0, 0.05) is 12.1 Å². The third-order valence-electron chi connectivity index (χ3n) is 4.29. The van der Waals surface area contributed by atoms with Crippen LogP contribution in [0.3, 0.4) is 0 Å². The molecule has 0 fully saturated rings. The van der Waals surface area contributed by atoms with Gasteiger partial charge in [-0.15, -0.1) is 0 Å². The summed E-state index contributed by atoms with van der Waals surface area (Å²) < 4.78 is 10.3. The van der Waals surface area contributed by atoms with Gasteiger partial charge in [0.15, 0.2) is 6.61 Å². The number of ether oxygens (including phenoxy) is 2. The van der Waals surface area contributed by atoms with Crippen LogP contribution in [-0.4, -0.2) is 47.4 Å². The number of amides is 2. The van der Waals surface area contributed by atoms with Gasteiger partial charge in [0.1, 0.15) is 5.60 Å². The van der Waals surface area contributed by atoms with Crippen molar-refractivity contribution in [3.8, 4) is 0 Å². The van der Waals surface area contributed by atoms with E-state index in [2.05, 4.69) is 10.4 Å². The molecular formula is C23H25N3O5. The van der Waals surface area contributed by atoms with E-state index in [1.807, 2.05) is 30.3 Å². The van der Waals surface area contributed by atoms with Crippen molar-refractivity contribution in [1.29, 1.82) is 0 Å². The van der Waals surface area contributed by atoms with Crippen LogP contribution < -0.4 is 5.32 Å². The highest BCUT2D eigenvalue weighted by Crippen LogP contribution is 2.15. The molecule has 0 atom stereocenters. The maximum atomic E-state index is 12.3. The van der Waals surface area contributed by atoms with E-state index < -0.39 is 24.3 Å². The van der Waals surface area contributed by atoms with Gasteiger partial charge in [-0.2, -0.15) is 5.10 Å². The molecule has 0 unspecified atom stereocenters. The molecule has 2 aromatic carbocycles. The van der Waals surface area contributed by atoms with Gasteiger partial charge < -0.3 is 9.47 Å². The van der Waals surface area contributed by atoms with Crippen LogP contribution in [0.1, 0.15) is 43.1 Å². The van der Waals surface area contributed by atoms with Gasteiger partial charge in [-0.1, -0.05) is 30.3 Å². The highest BCUT2D eigenvalue weighted by atomic mass is 16.6. The summed E-state index contributed by atoms with van der Waals surface area (Å²) in [6, 6.07) is 15.7. The summed E-state index contributed by atoms with van der Waals surface area (Å²) >= 11 is 0. The first-order valence-corrected chi connectivity index (χ1v) is 9.92. The average Bonchev–Trinajstić information content (AvgIpc) is 3.22. The first kappa shape index (κ1) is 22.0. The number of hydrogen-bond acceptors (Lipinski definition) is 6. The average molecular weight is 423 g/mol. The van der Waals surface area contributed by atoms with Crippen LogP contribution in [0, 0.1) is 0 Å². The van der Waals surface area contributed by atoms with Crippen molar-refractivity contribution >= 4 is 29.4 Å². The number of rotatable bonds is 5. The van der Waals surface area contributed by atoms with Crippen LogP contribution in [0.4, 0.5) is 10.5 Å². The number of nitrogens with zero attached hydrogens (tertiary/aromatic N) is 2. The van der Waals surface area contributed by atoms with Crippen LogP contribution in [0.2, 0.25) is 0 Å². The van der Waals surface area contributed by atoms with Crippen LogP contribution in [0.5, 0.6) is 0 Å². The zero-order valence-electron chi connectivity index (χ0n) is 17.8. The molecule has 2 amide bonds. The van der Waals surface area contributed by atoms with E-state index in [9.17, 15) is 14.4 Å². The maximum Gasteiger partial charge on any atom is 0.412 e. The fraction of sp³-hybridized carbons (Fsp3) is 0.304. The standard InChI is InChI=1S/C23H25N3O5/c1-23(2,3)31-22(29)24-18-11-9-17(10-12-18)21(28)30-15-20(27)26-14-13-19(25-26)16-7-5-4-6-8-16/h4-12H,13-15H2,1-3H3,(H,24,29). The lowest BCUT2D eigenvalue weighted by molar-refractivity contribution is -0.134. The number of nitrogens with one attached hydrogen (secondary N) is 1. The van der Waals surface area contributed by atoms with E-state index in [0.29, 0.717) is 18.7 Å². The first-order chi connectivity index (χ1) is 14.7. The Hall–Kier alpha value is -3.68. The molecule has 0 radical (unpaired) electrons. The lowest BCUT2D eigenvalue weighted by Crippen LogP contribution is -2.28. The quantitative estimate of drug-likeness (QED) is 0.737. The number of esters is 1. The van der Waals surface area contributed by atoms with Gasteiger partial charge >= 0.3 is 12.1 Å². The molecule has 2 aromatic rings. The van der Waals surface area contributed by atoms with Gasteiger partial charge in [-0.3, -0.25) is 10.1 Å². The van der Waals surface area contributed by atoms with E-state index in [1.165, 1.54) is 17.1 Å². The second-order valence-corrected chi connectivity index (χ2v) is 7.96. The molecule has 1 heterocycles. The Labute approximate surface area is 180 Å². The smallest absolute Gasteiger partial charge is 0.412 e. The van der Waals surface area contributed by atoms with Gasteiger partial charge in [0.05, 0.1) is 17.8 Å². The second kappa shape index (κ2) is 9.42. The lowest BCUT2D eigenvalue weighted by atomic mass is 10.1. The predicted octanol–water partition coefficient (Wildman–Crippen LogP) is 3.83. The summed E-state index contributed by atoms with van der Waals surface area (Å²) in [6.45, 7) is 5.35. The molecule has 8 heteroatoms. The van der Waals surface area contributed by atoms with E-state index in [4.69, 9.17) is 9.47 Å². The maximum absolute atomic E-state index is 12.3. The number of anilines is 1. The zero-order chi connectivity index (χ0) is 22.4. The van der Waals surface area contributed by atoms with Crippen molar-refractivity contribution in [2.45, 2.75) is 32.8 Å². The summed E-state index contributed by atoms with van der Waals surface area (Å²) in [6.07, 6.45) is 0.0602. The summed E-state index contributed by atoms with van der Waals surface area (Å²) in [5.41, 5.74) is 1.92. The van der Waals surface area contributed by atoms with Crippen LogP contribution >= 0.6 is 0 Å². The number of carbonyl (C=O) groups is 3. The van der Waals surface area contributed by atoms with Crippen molar-refractivity contribution in [3.63, 3.8) is 0 Å². The lowest BCUT2D eigenvalue weighted by Gasteiger charge is -2.19. The number of hydrogen-bond donors (Lipinski definition) is 1. The minimum atomic E-state index is -0.636. The fourth-order valence-electron chi connectivity index (χ4n) is 2.87. The predicted molar refractivity (Wildman–Crippen MR) is 116 cm³/mol. The van der Waals surface area contributed by atoms with Gasteiger partial charge in [0.2, 0.25) is 0 Å². The van der Waals surface area contributed by atoms with Crippen LogP contribution in [0.15, 0.2) is 59.7 Å². The highest BCUT2D eigenvalue weighted by Gasteiger charge is 2.23. The molecule has 31 heavy (non-hydrogen) atoms. The Bertz CT molecular complexity index is 979. The molecule has 162 valence electrons. The first-order valence-electron chi connectivity index (χ1n) is 9.92. The third kappa shape index (κ3) is 6.40. The largest absolute Gasteiger partial charge is 0.452 e. The monoisotopic (exact) mass is 423 g/mol. The summed E-state index contributed by atoms with van der Waals surface area (Å²) in [5.74, 6) is -1.02. The molecule has 0 aromatic heterocycles. The third-order valence-corrected chi connectivity index (χ3v) is 4.29. The molecular weight excluding hydrogens is 398 g/mol. The Morgan fingerprint density at radius 3 is 2.35 bits per heavy atom. The molecule has 0 saturated heterocycles. The Morgan fingerprint density at radius 1 is 1.03 bits per heavy atom. The summed E-state index contributed by atoms with van der Waals surface area (Å²) in [7, 11) is 0. The topological polar surface area (TPSA) is 97.3 Å². The fourth-order valence-corrected chi connectivity index (χ4v) is 2.87. The second-order valence-electron chi connectivity index (χ2n) is 7.96. The van der Waals surface area contributed by atoms with E-state index in [-0.39, 0.29) is 11.5 Å². The SMILES string of the molecule is CC(C)(C)OC(=O)Nc1ccc(C(=O)OCC(=O)N2CCC(c3ccccc3)=N2)cc1. The Morgan fingerprint density at radius 2 is 1.71 bits per heavy atom. The van der Waals surface area contributed by atoms with Crippen molar-refractivity contribution < 1.29 is 23.9 Å². The van der Waals surface area contributed by atoms with Gasteiger partial charge in [-0.05, 0) is 50.6 Å². The molecule has 1 N–H and O–H groups in total. The van der Waals surface area contributed by atoms with E-state index in [1.54, 1.807) is 32.9 Å². The molecule has 1 aliphatic rings. The summed E-state index contributed by atoms with van der Waals surface area (Å²) in [5, 5.41) is 8.23. The van der Waals surface area contributed by atoms with E-state index in [0.717, 1.165) is 11.3 Å². The van der Waals surface area contributed by atoms with Crippen LogP contribution in [-0.2, 0) is 14.3 Å². The van der Waals surface area contributed by atoms with Gasteiger partial charge in [0.25, 0.3) is 5.91 Å². The molecule has 0 aliphatic carbocycles. The molecule has 0 saturated carbocycles. The molecule has 0 spiro atoms. The number of carbonyl (C=O) groups excluding carboxylic acids is 3. The van der Waals surface area contributed by atoms with Crippen molar-refractivity contribution in [2.75, 3.05) is 18.5 Å². The molecule has 0 bridgehead atoms. The van der Waals surface area contributed by atoms with Crippen molar-refractivity contribution in [3.05, 3.63) is 65.7 Å². The number of benzene rings is 2.